The van der Waals surface area contributed by atoms with E-state index in [1.807, 2.05) is 0 Å². The Morgan fingerprint density at radius 3 is 2.90 bits per heavy atom. The molecule has 2 fully saturated rings. The lowest BCUT2D eigenvalue weighted by Crippen LogP contribution is -2.48. The number of anilines is 1. The summed E-state index contributed by atoms with van der Waals surface area (Å²) in [6.45, 7) is 3.29. The second-order valence-electron chi connectivity index (χ2n) is 5.26. The first kappa shape index (κ1) is 13.6. The molecule has 7 heteroatoms. The highest BCUT2D eigenvalue weighted by Crippen LogP contribution is 2.33. The lowest BCUT2D eigenvalue weighted by atomic mass is 10.1. The predicted octanol–water partition coefficient (Wildman–Crippen LogP) is 1.77. The van der Waals surface area contributed by atoms with E-state index in [2.05, 4.69) is 16.8 Å². The van der Waals surface area contributed by atoms with Gasteiger partial charge in [-0.15, -0.1) is 0 Å². The summed E-state index contributed by atoms with van der Waals surface area (Å²) in [7, 11) is 2.10. The van der Waals surface area contributed by atoms with Crippen molar-refractivity contribution < 1.29 is 9.66 Å². The first-order valence-electron chi connectivity index (χ1n) is 6.57. The fourth-order valence-corrected chi connectivity index (χ4v) is 3.21. The standard InChI is InChI=1S/C13H16ClN3O3/c1-15-4-5-20-13-8-16(7-12(13)15)11-3-2-9(17(18)19)6-10(11)14/h2-3,6,12-13H,4-5,7-8H2,1H3. The Morgan fingerprint density at radius 1 is 1.45 bits per heavy atom. The number of nitrogens with zero attached hydrogens (tertiary/aromatic N) is 3. The molecule has 0 N–H and O–H groups in total. The first-order valence-corrected chi connectivity index (χ1v) is 6.95. The summed E-state index contributed by atoms with van der Waals surface area (Å²) >= 11 is 6.19. The van der Waals surface area contributed by atoms with Crippen LogP contribution in [0, 0.1) is 10.1 Å². The van der Waals surface area contributed by atoms with Crippen molar-refractivity contribution in [1.29, 1.82) is 0 Å². The highest BCUT2D eigenvalue weighted by atomic mass is 35.5. The summed E-state index contributed by atoms with van der Waals surface area (Å²) in [5.41, 5.74) is 0.854. The molecule has 0 amide bonds. The van der Waals surface area contributed by atoms with Gasteiger partial charge in [0.15, 0.2) is 0 Å². The molecular formula is C13H16ClN3O3. The van der Waals surface area contributed by atoms with Crippen molar-refractivity contribution in [1.82, 2.24) is 4.90 Å². The van der Waals surface area contributed by atoms with Gasteiger partial charge >= 0.3 is 0 Å². The Labute approximate surface area is 122 Å². The summed E-state index contributed by atoms with van der Waals surface area (Å²) in [6, 6.07) is 4.98. The fourth-order valence-electron chi connectivity index (χ4n) is 2.92. The molecule has 3 rings (SSSR count). The van der Waals surface area contributed by atoms with Crippen LogP contribution in [-0.4, -0.2) is 55.3 Å². The average Bonchev–Trinajstić information content (AvgIpc) is 2.83. The molecule has 0 aliphatic carbocycles. The number of hydrogen-bond acceptors (Lipinski definition) is 5. The van der Waals surface area contributed by atoms with Gasteiger partial charge in [0.2, 0.25) is 0 Å². The van der Waals surface area contributed by atoms with Crippen LogP contribution in [0.25, 0.3) is 0 Å². The van der Waals surface area contributed by atoms with Crippen LogP contribution in [0.4, 0.5) is 11.4 Å². The number of rotatable bonds is 2. The second-order valence-corrected chi connectivity index (χ2v) is 5.66. The monoisotopic (exact) mass is 297 g/mol. The normalized spacial score (nSPS) is 26.6. The molecule has 2 aliphatic heterocycles. The predicted molar refractivity (Wildman–Crippen MR) is 76.5 cm³/mol. The molecule has 0 aromatic heterocycles. The number of hydrogen-bond donors (Lipinski definition) is 0. The van der Waals surface area contributed by atoms with Crippen molar-refractivity contribution >= 4 is 23.0 Å². The maximum absolute atomic E-state index is 10.7. The van der Waals surface area contributed by atoms with Gasteiger partial charge in [-0.2, -0.15) is 0 Å². The van der Waals surface area contributed by atoms with Crippen LogP contribution in [0.1, 0.15) is 0 Å². The number of non-ortho nitro benzene ring substituents is 1. The molecule has 2 heterocycles. The topological polar surface area (TPSA) is 58.8 Å². The molecule has 0 spiro atoms. The number of ether oxygens (including phenoxy) is 1. The molecule has 20 heavy (non-hydrogen) atoms. The van der Waals surface area contributed by atoms with Gasteiger partial charge in [0.05, 0.1) is 34.4 Å². The molecule has 0 bridgehead atoms. The molecule has 0 saturated carbocycles. The lowest BCUT2D eigenvalue weighted by molar-refractivity contribution is -0.384. The SMILES string of the molecule is CN1CCOC2CN(c3ccc([N+](=O)[O-])cc3Cl)CC21. The minimum Gasteiger partial charge on any atom is -0.373 e. The van der Waals surface area contributed by atoms with E-state index >= 15 is 0 Å². The smallest absolute Gasteiger partial charge is 0.271 e. The Balaban J connectivity index is 1.82. The third-order valence-corrected chi connectivity index (χ3v) is 4.36. The molecule has 2 atom stereocenters. The van der Waals surface area contributed by atoms with E-state index in [4.69, 9.17) is 16.3 Å². The number of fused-ring (bicyclic) bond motifs is 1. The van der Waals surface area contributed by atoms with E-state index in [0.29, 0.717) is 11.1 Å². The fraction of sp³-hybridized carbons (Fsp3) is 0.538. The van der Waals surface area contributed by atoms with Crippen LogP contribution in [0.3, 0.4) is 0 Å². The number of nitro groups is 1. The van der Waals surface area contributed by atoms with E-state index in [-0.39, 0.29) is 11.8 Å². The third-order valence-electron chi connectivity index (χ3n) is 4.06. The molecule has 2 aliphatic rings. The van der Waals surface area contributed by atoms with E-state index in [9.17, 15) is 10.1 Å². The number of benzene rings is 1. The minimum absolute atomic E-state index is 0.0173. The van der Waals surface area contributed by atoms with Crippen LogP contribution >= 0.6 is 11.6 Å². The Morgan fingerprint density at radius 2 is 2.25 bits per heavy atom. The molecule has 2 saturated heterocycles. The van der Waals surface area contributed by atoms with Gasteiger partial charge in [-0.3, -0.25) is 15.0 Å². The Bertz CT molecular complexity index is 540. The maximum atomic E-state index is 10.7. The third kappa shape index (κ3) is 2.34. The van der Waals surface area contributed by atoms with Crippen molar-refractivity contribution in [2.45, 2.75) is 12.1 Å². The van der Waals surface area contributed by atoms with Crippen LogP contribution < -0.4 is 4.90 Å². The molecule has 6 nitrogen and oxygen atoms in total. The minimum atomic E-state index is -0.434. The highest BCUT2D eigenvalue weighted by molar-refractivity contribution is 6.33. The molecule has 108 valence electrons. The number of likely N-dealkylation sites (N-methyl/N-ethyl adjacent to an activating group) is 1. The summed E-state index contributed by atoms with van der Waals surface area (Å²) in [5, 5.41) is 11.2. The van der Waals surface area contributed by atoms with E-state index < -0.39 is 4.92 Å². The summed E-state index contributed by atoms with van der Waals surface area (Å²) in [6.07, 6.45) is 0.181. The van der Waals surface area contributed by atoms with Crippen LogP contribution in [0.15, 0.2) is 18.2 Å². The summed E-state index contributed by atoms with van der Waals surface area (Å²) in [5.74, 6) is 0. The van der Waals surface area contributed by atoms with Gasteiger partial charge in [-0.05, 0) is 13.1 Å². The summed E-state index contributed by atoms with van der Waals surface area (Å²) < 4.78 is 5.79. The zero-order chi connectivity index (χ0) is 14.3. The zero-order valence-corrected chi connectivity index (χ0v) is 11.9. The number of morpholine rings is 1. The van der Waals surface area contributed by atoms with Gasteiger partial charge in [-0.25, -0.2) is 0 Å². The molecule has 2 unspecified atom stereocenters. The maximum Gasteiger partial charge on any atom is 0.271 e. The van der Waals surface area contributed by atoms with Gasteiger partial charge < -0.3 is 9.64 Å². The van der Waals surface area contributed by atoms with Crippen molar-refractivity contribution in [2.75, 3.05) is 38.2 Å². The van der Waals surface area contributed by atoms with E-state index in [0.717, 1.165) is 31.9 Å². The zero-order valence-electron chi connectivity index (χ0n) is 11.2. The van der Waals surface area contributed by atoms with Gasteiger partial charge in [-0.1, -0.05) is 11.6 Å². The van der Waals surface area contributed by atoms with Crippen LogP contribution in [0.5, 0.6) is 0 Å². The average molecular weight is 298 g/mol. The molecule has 1 aromatic carbocycles. The van der Waals surface area contributed by atoms with E-state index in [1.165, 1.54) is 12.1 Å². The quantitative estimate of drug-likeness (QED) is 0.615. The molecule has 1 aromatic rings. The first-order chi connectivity index (χ1) is 9.56. The highest BCUT2D eigenvalue weighted by Gasteiger charge is 2.39. The van der Waals surface area contributed by atoms with Crippen molar-refractivity contribution in [3.05, 3.63) is 33.3 Å². The van der Waals surface area contributed by atoms with Gasteiger partial charge in [0.25, 0.3) is 5.69 Å². The number of nitro benzene ring substituents is 1. The van der Waals surface area contributed by atoms with Gasteiger partial charge in [0.1, 0.15) is 0 Å². The van der Waals surface area contributed by atoms with Crippen molar-refractivity contribution in [2.24, 2.45) is 0 Å². The van der Waals surface area contributed by atoms with Crippen LogP contribution in [0.2, 0.25) is 5.02 Å². The Kier molecular flexibility index (Phi) is 3.54. The second kappa shape index (κ2) is 5.20. The van der Waals surface area contributed by atoms with Crippen molar-refractivity contribution in [3.8, 4) is 0 Å². The largest absolute Gasteiger partial charge is 0.373 e. The van der Waals surface area contributed by atoms with Crippen LogP contribution in [-0.2, 0) is 4.74 Å². The van der Waals surface area contributed by atoms with Crippen molar-refractivity contribution in [3.63, 3.8) is 0 Å². The molecular weight excluding hydrogens is 282 g/mol. The van der Waals surface area contributed by atoms with E-state index in [1.54, 1.807) is 6.07 Å². The Hall–Kier alpha value is -1.37. The van der Waals surface area contributed by atoms with Gasteiger partial charge in [0, 0.05) is 31.8 Å². The number of halogens is 1. The lowest BCUT2D eigenvalue weighted by Gasteiger charge is -2.33. The molecule has 0 radical (unpaired) electrons. The summed E-state index contributed by atoms with van der Waals surface area (Å²) in [4.78, 5) is 14.7.